The van der Waals surface area contributed by atoms with E-state index in [-0.39, 0.29) is 22.2 Å². The Bertz CT molecular complexity index is 544. The summed E-state index contributed by atoms with van der Waals surface area (Å²) in [6.45, 7) is 0.707. The number of hydrogen-bond donors (Lipinski definition) is 1. The summed E-state index contributed by atoms with van der Waals surface area (Å²) in [5.74, 6) is 0.779. The zero-order valence-corrected chi connectivity index (χ0v) is 13.1. The van der Waals surface area contributed by atoms with Gasteiger partial charge in [-0.3, -0.25) is 0 Å². The standard InChI is InChI=1S/C15H17FO3S2/c16-12-2-1-10(14(17)18)7-13(12)21-11-3-5-19-15(8-11)4-6-20-9-15/h1-2,7,11H,3-6,8-9H2,(H,17,18). The molecule has 2 fully saturated rings. The molecule has 2 atom stereocenters. The number of carbonyl (C=O) groups is 1. The molecule has 1 aromatic carbocycles. The number of hydrogen-bond acceptors (Lipinski definition) is 4. The first-order valence-electron chi connectivity index (χ1n) is 6.99. The molecule has 2 aliphatic rings. The van der Waals surface area contributed by atoms with Crippen molar-refractivity contribution in [3.8, 4) is 0 Å². The average molecular weight is 328 g/mol. The van der Waals surface area contributed by atoms with Crippen LogP contribution in [0.3, 0.4) is 0 Å². The molecule has 2 saturated heterocycles. The van der Waals surface area contributed by atoms with Crippen molar-refractivity contribution in [2.24, 2.45) is 0 Å². The number of ether oxygens (including phenoxy) is 1. The van der Waals surface area contributed by atoms with Crippen LogP contribution in [0.25, 0.3) is 0 Å². The van der Waals surface area contributed by atoms with E-state index in [4.69, 9.17) is 9.84 Å². The monoisotopic (exact) mass is 328 g/mol. The highest BCUT2D eigenvalue weighted by molar-refractivity contribution is 8.00. The van der Waals surface area contributed by atoms with Crippen molar-refractivity contribution < 1.29 is 19.0 Å². The predicted molar refractivity (Wildman–Crippen MR) is 82.9 cm³/mol. The highest BCUT2D eigenvalue weighted by Gasteiger charge is 2.40. The molecule has 0 aromatic heterocycles. The average Bonchev–Trinajstić information content (AvgIpc) is 2.89. The van der Waals surface area contributed by atoms with Crippen LogP contribution < -0.4 is 0 Å². The molecule has 2 aliphatic heterocycles. The minimum atomic E-state index is -1.02. The van der Waals surface area contributed by atoms with Crippen molar-refractivity contribution in [1.29, 1.82) is 0 Å². The lowest BCUT2D eigenvalue weighted by Gasteiger charge is -2.37. The lowest BCUT2D eigenvalue weighted by Crippen LogP contribution is -2.40. The lowest BCUT2D eigenvalue weighted by molar-refractivity contribution is -0.0562. The highest BCUT2D eigenvalue weighted by atomic mass is 32.2. The smallest absolute Gasteiger partial charge is 0.335 e. The number of benzene rings is 1. The quantitative estimate of drug-likeness (QED) is 0.917. The zero-order chi connectivity index (χ0) is 14.9. The van der Waals surface area contributed by atoms with Crippen molar-refractivity contribution in [3.05, 3.63) is 29.6 Å². The molecule has 114 valence electrons. The van der Waals surface area contributed by atoms with Crippen LogP contribution in [0.2, 0.25) is 0 Å². The molecule has 1 N–H and O–H groups in total. The third-order valence-corrected chi connectivity index (χ3v) is 6.51. The second-order valence-corrected chi connectivity index (χ2v) is 7.96. The third-order valence-electron chi connectivity index (χ3n) is 3.99. The van der Waals surface area contributed by atoms with Crippen molar-refractivity contribution in [2.45, 2.75) is 35.0 Å². The molecule has 2 unspecified atom stereocenters. The number of carboxylic acids is 1. The normalized spacial score (nSPS) is 28.9. The van der Waals surface area contributed by atoms with Crippen molar-refractivity contribution in [3.63, 3.8) is 0 Å². The van der Waals surface area contributed by atoms with Gasteiger partial charge in [-0.2, -0.15) is 11.8 Å². The van der Waals surface area contributed by atoms with Gasteiger partial charge in [-0.1, -0.05) is 0 Å². The Labute approximate surface area is 131 Å². The maximum atomic E-state index is 13.9. The Kier molecular flexibility index (Phi) is 4.47. The predicted octanol–water partition coefficient (Wildman–Crippen LogP) is 3.67. The Hall–Kier alpha value is -0.720. The fourth-order valence-corrected chi connectivity index (χ4v) is 5.57. The Morgan fingerprint density at radius 2 is 2.38 bits per heavy atom. The summed E-state index contributed by atoms with van der Waals surface area (Å²) in [7, 11) is 0. The molecule has 6 heteroatoms. The summed E-state index contributed by atoms with van der Waals surface area (Å²) in [4.78, 5) is 11.4. The largest absolute Gasteiger partial charge is 0.478 e. The summed E-state index contributed by atoms with van der Waals surface area (Å²) in [6.07, 6.45) is 2.86. The van der Waals surface area contributed by atoms with Crippen LogP contribution >= 0.6 is 23.5 Å². The van der Waals surface area contributed by atoms with Crippen LogP contribution in [0, 0.1) is 5.82 Å². The van der Waals surface area contributed by atoms with Gasteiger partial charge in [0.05, 0.1) is 11.2 Å². The lowest BCUT2D eigenvalue weighted by atomic mass is 9.93. The molecular formula is C15H17FO3S2. The molecule has 0 bridgehead atoms. The second kappa shape index (κ2) is 6.18. The van der Waals surface area contributed by atoms with E-state index in [1.54, 1.807) is 0 Å². The Morgan fingerprint density at radius 3 is 3.10 bits per heavy atom. The van der Waals surface area contributed by atoms with Crippen LogP contribution in [-0.2, 0) is 4.74 Å². The number of halogens is 1. The van der Waals surface area contributed by atoms with Gasteiger partial charge in [0.2, 0.25) is 0 Å². The van der Waals surface area contributed by atoms with E-state index >= 15 is 0 Å². The van der Waals surface area contributed by atoms with Gasteiger partial charge in [-0.25, -0.2) is 9.18 Å². The van der Waals surface area contributed by atoms with Gasteiger partial charge in [-0.05, 0) is 43.2 Å². The van der Waals surface area contributed by atoms with E-state index < -0.39 is 5.97 Å². The third kappa shape index (κ3) is 3.38. The van der Waals surface area contributed by atoms with E-state index in [1.807, 2.05) is 11.8 Å². The maximum Gasteiger partial charge on any atom is 0.335 e. The SMILES string of the molecule is O=C(O)c1ccc(F)c(SC2CCOC3(CCSC3)C2)c1. The van der Waals surface area contributed by atoms with Gasteiger partial charge in [-0.15, -0.1) is 11.8 Å². The topological polar surface area (TPSA) is 46.5 Å². The molecule has 2 heterocycles. The molecule has 1 spiro atoms. The molecule has 3 nitrogen and oxygen atoms in total. The molecule has 3 rings (SSSR count). The number of aromatic carboxylic acids is 1. The fraction of sp³-hybridized carbons (Fsp3) is 0.533. The van der Waals surface area contributed by atoms with E-state index in [1.165, 1.54) is 30.0 Å². The van der Waals surface area contributed by atoms with Crippen LogP contribution in [0.15, 0.2) is 23.1 Å². The molecule has 0 aliphatic carbocycles. The molecule has 0 amide bonds. The first-order valence-corrected chi connectivity index (χ1v) is 9.03. The number of carboxylic acid groups (broad SMARTS) is 1. The summed E-state index contributed by atoms with van der Waals surface area (Å²) in [6, 6.07) is 3.99. The van der Waals surface area contributed by atoms with E-state index in [2.05, 4.69) is 0 Å². The summed E-state index contributed by atoms with van der Waals surface area (Å²) in [5, 5.41) is 9.31. The molecular weight excluding hydrogens is 311 g/mol. The molecule has 21 heavy (non-hydrogen) atoms. The maximum absolute atomic E-state index is 13.9. The first kappa shape index (κ1) is 15.2. The van der Waals surface area contributed by atoms with E-state index in [9.17, 15) is 9.18 Å². The minimum Gasteiger partial charge on any atom is -0.478 e. The van der Waals surface area contributed by atoms with Crippen LogP contribution in [0.5, 0.6) is 0 Å². The second-order valence-electron chi connectivity index (χ2n) is 5.52. The summed E-state index contributed by atoms with van der Waals surface area (Å²) < 4.78 is 19.9. The van der Waals surface area contributed by atoms with Crippen molar-refractivity contribution in [2.75, 3.05) is 18.1 Å². The Balaban J connectivity index is 1.74. The van der Waals surface area contributed by atoms with Gasteiger partial charge in [0.25, 0.3) is 0 Å². The van der Waals surface area contributed by atoms with E-state index in [0.29, 0.717) is 11.5 Å². The molecule has 0 radical (unpaired) electrons. The summed E-state index contributed by atoms with van der Waals surface area (Å²) in [5.41, 5.74) is 0.0960. The fourth-order valence-electron chi connectivity index (χ4n) is 2.85. The van der Waals surface area contributed by atoms with Gasteiger partial charge < -0.3 is 9.84 Å². The Morgan fingerprint density at radius 1 is 1.52 bits per heavy atom. The van der Waals surface area contributed by atoms with Crippen LogP contribution in [0.1, 0.15) is 29.6 Å². The minimum absolute atomic E-state index is 0.0402. The molecule has 0 saturated carbocycles. The number of thioether (sulfide) groups is 2. The van der Waals surface area contributed by atoms with E-state index in [0.717, 1.165) is 30.8 Å². The van der Waals surface area contributed by atoms with Gasteiger partial charge >= 0.3 is 5.97 Å². The van der Waals surface area contributed by atoms with Gasteiger partial charge in [0.1, 0.15) is 5.82 Å². The van der Waals surface area contributed by atoms with Crippen molar-refractivity contribution >= 4 is 29.5 Å². The van der Waals surface area contributed by atoms with Crippen LogP contribution in [0.4, 0.5) is 4.39 Å². The highest BCUT2D eigenvalue weighted by Crippen LogP contribution is 2.43. The van der Waals surface area contributed by atoms with Gasteiger partial charge in [0, 0.05) is 22.5 Å². The van der Waals surface area contributed by atoms with Crippen molar-refractivity contribution in [1.82, 2.24) is 0 Å². The first-order chi connectivity index (χ1) is 10.1. The zero-order valence-electron chi connectivity index (χ0n) is 11.5. The number of rotatable bonds is 3. The van der Waals surface area contributed by atoms with Crippen LogP contribution in [-0.4, -0.2) is 40.0 Å². The molecule has 1 aromatic rings. The van der Waals surface area contributed by atoms with Gasteiger partial charge in [0.15, 0.2) is 0 Å². The summed E-state index contributed by atoms with van der Waals surface area (Å²) >= 11 is 3.37.